The highest BCUT2D eigenvalue weighted by molar-refractivity contribution is 5.83. The number of carbonyl (C=O) groups excluding carboxylic acids is 1. The van der Waals surface area contributed by atoms with Crippen LogP contribution in [0.1, 0.15) is 29.7 Å². The van der Waals surface area contributed by atoms with Crippen molar-refractivity contribution in [3.63, 3.8) is 0 Å². The molecule has 28 heavy (non-hydrogen) atoms. The zero-order chi connectivity index (χ0) is 20.7. The van der Waals surface area contributed by atoms with Crippen molar-refractivity contribution < 1.29 is 37.3 Å². The van der Waals surface area contributed by atoms with Crippen molar-refractivity contribution in [1.82, 2.24) is 5.32 Å². The molecule has 0 radical (unpaired) electrons. The second-order valence-corrected chi connectivity index (χ2v) is 5.80. The number of benzene rings is 2. The lowest BCUT2D eigenvalue weighted by Gasteiger charge is -2.22. The van der Waals surface area contributed by atoms with Crippen molar-refractivity contribution in [3.8, 4) is 5.75 Å². The van der Waals surface area contributed by atoms with Crippen molar-refractivity contribution in [1.29, 1.82) is 0 Å². The number of hydrogen-bond acceptors (Lipinski definition) is 4. The van der Waals surface area contributed by atoms with E-state index in [-0.39, 0.29) is 0 Å². The van der Waals surface area contributed by atoms with E-state index in [2.05, 4.69) is 10.1 Å². The van der Waals surface area contributed by atoms with Gasteiger partial charge in [-0.25, -0.2) is 0 Å². The number of rotatable bonds is 8. The van der Waals surface area contributed by atoms with Crippen LogP contribution >= 0.6 is 0 Å². The number of carbonyl (C=O) groups is 2. The number of carboxylic acid groups (broad SMARTS) is 1. The van der Waals surface area contributed by atoms with Crippen LogP contribution < -0.4 is 10.1 Å². The molecule has 0 aliphatic heterocycles. The Morgan fingerprint density at radius 3 is 2.14 bits per heavy atom. The van der Waals surface area contributed by atoms with Gasteiger partial charge in [-0.2, -0.15) is 0 Å². The van der Waals surface area contributed by atoms with E-state index in [1.165, 1.54) is 19.2 Å². The smallest absolute Gasteiger partial charge is 0.481 e. The summed E-state index contributed by atoms with van der Waals surface area (Å²) in [4.78, 5) is 23.8. The zero-order valence-corrected chi connectivity index (χ0v) is 14.8. The summed E-state index contributed by atoms with van der Waals surface area (Å²) in [5.41, 5.74) is 0.888. The minimum Gasteiger partial charge on any atom is -0.481 e. The van der Waals surface area contributed by atoms with Gasteiger partial charge >= 0.3 is 12.3 Å². The number of carboxylic acids is 1. The summed E-state index contributed by atoms with van der Waals surface area (Å²) in [5, 5.41) is 11.7. The van der Waals surface area contributed by atoms with Crippen LogP contribution in [0.15, 0.2) is 54.6 Å². The van der Waals surface area contributed by atoms with E-state index in [0.717, 1.165) is 12.1 Å². The molecule has 0 aliphatic carbocycles. The average Bonchev–Trinajstić information content (AvgIpc) is 2.61. The van der Waals surface area contributed by atoms with Crippen LogP contribution in [0.25, 0.3) is 0 Å². The molecule has 0 fully saturated rings. The molecule has 0 aromatic heterocycles. The molecule has 0 aliphatic rings. The Hall–Kier alpha value is -3.07. The molecule has 1 amide bonds. The maximum absolute atomic E-state index is 12.6. The van der Waals surface area contributed by atoms with Crippen LogP contribution in [-0.2, 0) is 14.3 Å². The third-order valence-corrected chi connectivity index (χ3v) is 3.79. The molecule has 2 atom stereocenters. The van der Waals surface area contributed by atoms with Gasteiger partial charge in [0.15, 0.2) is 6.10 Å². The molecule has 2 aromatic rings. The summed E-state index contributed by atoms with van der Waals surface area (Å²) in [6, 6.07) is 12.2. The largest absolute Gasteiger partial charge is 0.573 e. The van der Waals surface area contributed by atoms with Gasteiger partial charge in [0.1, 0.15) is 5.75 Å². The monoisotopic (exact) mass is 397 g/mol. The summed E-state index contributed by atoms with van der Waals surface area (Å²) in [5.74, 6) is -2.21. The maximum atomic E-state index is 12.6. The Labute approximate surface area is 158 Å². The standard InChI is InChI=1S/C19H18F3NO5/c1-27-17(13-5-3-2-4-6-13)18(26)23-15(11-16(24)25)12-7-9-14(10-8-12)28-19(20,21)22/h2-10,15,17H,11H2,1H3,(H,23,26)(H,24,25)/t15?,17-/m1/s1. The van der Waals surface area contributed by atoms with E-state index in [0.29, 0.717) is 11.1 Å². The van der Waals surface area contributed by atoms with Gasteiger partial charge in [-0.15, -0.1) is 13.2 Å². The Morgan fingerprint density at radius 1 is 1.04 bits per heavy atom. The highest BCUT2D eigenvalue weighted by Gasteiger charge is 2.31. The average molecular weight is 397 g/mol. The highest BCUT2D eigenvalue weighted by atomic mass is 19.4. The fourth-order valence-corrected chi connectivity index (χ4v) is 2.60. The molecule has 2 N–H and O–H groups in total. The van der Waals surface area contributed by atoms with E-state index in [1.54, 1.807) is 30.3 Å². The second kappa shape index (κ2) is 9.23. The van der Waals surface area contributed by atoms with Crippen molar-refractivity contribution in [2.75, 3.05) is 7.11 Å². The van der Waals surface area contributed by atoms with Gasteiger partial charge in [-0.05, 0) is 23.3 Å². The summed E-state index contributed by atoms with van der Waals surface area (Å²) in [7, 11) is 1.34. The SMILES string of the molecule is CO[C@@H](C(=O)NC(CC(=O)O)c1ccc(OC(F)(F)F)cc1)c1ccccc1. The molecule has 150 valence electrons. The molecule has 6 nitrogen and oxygen atoms in total. The number of alkyl halides is 3. The number of hydrogen-bond donors (Lipinski definition) is 2. The number of halogens is 3. The number of amides is 1. The fourth-order valence-electron chi connectivity index (χ4n) is 2.60. The van der Waals surface area contributed by atoms with Gasteiger partial charge in [0.2, 0.25) is 0 Å². The predicted molar refractivity (Wildman–Crippen MR) is 92.5 cm³/mol. The first-order chi connectivity index (χ1) is 13.2. The van der Waals surface area contributed by atoms with Crippen molar-refractivity contribution in [2.45, 2.75) is 24.9 Å². The Morgan fingerprint density at radius 2 is 1.64 bits per heavy atom. The van der Waals surface area contributed by atoms with Gasteiger partial charge in [-0.3, -0.25) is 9.59 Å². The quantitative estimate of drug-likeness (QED) is 0.711. The minimum absolute atomic E-state index is 0.313. The van der Waals surface area contributed by atoms with Crippen LogP contribution in [-0.4, -0.2) is 30.5 Å². The summed E-state index contributed by atoms with van der Waals surface area (Å²) in [6.45, 7) is 0. The molecule has 0 spiro atoms. The van der Waals surface area contributed by atoms with Gasteiger partial charge in [-0.1, -0.05) is 42.5 Å². The Balaban J connectivity index is 2.19. The van der Waals surface area contributed by atoms with Crippen LogP contribution in [0.2, 0.25) is 0 Å². The summed E-state index contributed by atoms with van der Waals surface area (Å²) < 4.78 is 45.8. The van der Waals surface area contributed by atoms with Gasteiger partial charge in [0, 0.05) is 7.11 Å². The number of nitrogens with one attached hydrogen (secondary N) is 1. The molecule has 0 bridgehead atoms. The molecule has 1 unspecified atom stereocenters. The predicted octanol–water partition coefficient (Wildman–Crippen LogP) is 3.60. The van der Waals surface area contributed by atoms with Crippen LogP contribution in [0.4, 0.5) is 13.2 Å². The molecule has 0 heterocycles. The molecular formula is C19H18F3NO5. The van der Waals surface area contributed by atoms with Crippen molar-refractivity contribution >= 4 is 11.9 Å². The second-order valence-electron chi connectivity index (χ2n) is 5.80. The van der Waals surface area contributed by atoms with Gasteiger partial charge < -0.3 is 19.9 Å². The van der Waals surface area contributed by atoms with E-state index in [1.807, 2.05) is 0 Å². The first-order valence-corrected chi connectivity index (χ1v) is 8.15. The number of ether oxygens (including phenoxy) is 2. The third-order valence-electron chi connectivity index (χ3n) is 3.79. The van der Waals surface area contributed by atoms with E-state index in [9.17, 15) is 22.8 Å². The first kappa shape index (κ1) is 21.2. The van der Waals surface area contributed by atoms with Crippen LogP contribution in [0.5, 0.6) is 5.75 Å². The van der Waals surface area contributed by atoms with E-state index >= 15 is 0 Å². The van der Waals surface area contributed by atoms with E-state index < -0.39 is 42.6 Å². The lowest BCUT2D eigenvalue weighted by atomic mass is 10.0. The summed E-state index contributed by atoms with van der Waals surface area (Å²) >= 11 is 0. The number of methoxy groups -OCH3 is 1. The zero-order valence-electron chi connectivity index (χ0n) is 14.8. The number of aliphatic carboxylic acids is 1. The third kappa shape index (κ3) is 6.27. The topological polar surface area (TPSA) is 84.9 Å². The molecule has 2 aromatic carbocycles. The molecular weight excluding hydrogens is 379 g/mol. The van der Waals surface area contributed by atoms with Crippen molar-refractivity contribution in [3.05, 3.63) is 65.7 Å². The maximum Gasteiger partial charge on any atom is 0.573 e. The molecule has 0 saturated carbocycles. The van der Waals surface area contributed by atoms with Crippen LogP contribution in [0.3, 0.4) is 0 Å². The van der Waals surface area contributed by atoms with E-state index in [4.69, 9.17) is 9.84 Å². The lowest BCUT2D eigenvalue weighted by molar-refractivity contribution is -0.274. The summed E-state index contributed by atoms with van der Waals surface area (Å²) in [6.07, 6.45) is -6.26. The normalized spacial score (nSPS) is 13.4. The molecule has 0 saturated heterocycles. The fraction of sp³-hybridized carbons (Fsp3) is 0.263. The lowest BCUT2D eigenvalue weighted by Crippen LogP contribution is -2.34. The molecule has 2 rings (SSSR count). The minimum atomic E-state index is -4.84. The first-order valence-electron chi connectivity index (χ1n) is 8.15. The van der Waals surface area contributed by atoms with Gasteiger partial charge in [0.25, 0.3) is 5.91 Å². The Bertz CT molecular complexity index is 793. The van der Waals surface area contributed by atoms with Crippen molar-refractivity contribution in [2.24, 2.45) is 0 Å². The highest BCUT2D eigenvalue weighted by Crippen LogP contribution is 2.26. The Kier molecular flexibility index (Phi) is 7.00. The van der Waals surface area contributed by atoms with Crippen LogP contribution in [0, 0.1) is 0 Å². The van der Waals surface area contributed by atoms with Gasteiger partial charge in [0.05, 0.1) is 12.5 Å². The molecule has 9 heteroatoms.